The summed E-state index contributed by atoms with van der Waals surface area (Å²) >= 11 is 0. The van der Waals surface area contributed by atoms with Crippen molar-refractivity contribution in [2.75, 3.05) is 47.5 Å². The Bertz CT molecular complexity index is 1590. The van der Waals surface area contributed by atoms with Crippen LogP contribution in [0.3, 0.4) is 0 Å². The van der Waals surface area contributed by atoms with Crippen LogP contribution in [0.2, 0.25) is 0 Å². The number of unbranched alkanes of at least 4 members (excludes halogenated alkanes) is 21. The van der Waals surface area contributed by atoms with E-state index in [1.54, 1.807) is 0 Å². The van der Waals surface area contributed by atoms with Gasteiger partial charge in [-0.15, -0.1) is 0 Å². The first kappa shape index (κ1) is 71.0. The predicted octanol–water partition coefficient (Wildman–Crippen LogP) is 16.6. The molecule has 0 heterocycles. The summed E-state index contributed by atoms with van der Waals surface area (Å²) in [5, 5.41) is 11.8. The zero-order chi connectivity index (χ0) is 54.8. The second kappa shape index (κ2) is 56.2. The molecule has 0 saturated carbocycles. The standard InChI is InChI=1S/C66H111NO8/c1-6-8-10-12-14-16-18-20-22-23-24-25-26-27-28-29-30-31-32-33-34-35-36-37-38-39-40-41-43-45-47-49-51-53-55-57-64(69)75-62(61-74-66(65(70)71)72-59-58-67(3,4)5)60-73-63(68)56-54-52-50-48-46-44-42-21-19-17-15-13-11-9-7-2/h8,10,14,16,20,22,24-25,27-28,30-31,33-34,36-37,39-40,62,66H,6-7,9,11-13,15,17-19,21,23,26,29,32,35,38,41-61H2,1-5H3/b10-8-,16-14-,22-20-,25-24-,28-27-,31-30-,34-33-,37-36-,40-39-. The highest BCUT2D eigenvalue weighted by atomic mass is 16.7. The number of rotatable bonds is 54. The minimum atomic E-state index is -1.63. The van der Waals surface area contributed by atoms with E-state index < -0.39 is 24.3 Å². The molecule has 428 valence electrons. The van der Waals surface area contributed by atoms with Crippen molar-refractivity contribution in [3.63, 3.8) is 0 Å². The first-order valence-corrected chi connectivity index (χ1v) is 30.0. The van der Waals surface area contributed by atoms with Crippen LogP contribution in [-0.2, 0) is 33.3 Å². The van der Waals surface area contributed by atoms with Crippen molar-refractivity contribution in [3.8, 4) is 0 Å². The molecular formula is C66H111NO8. The average molecular weight is 1050 g/mol. The largest absolute Gasteiger partial charge is 0.545 e. The molecule has 0 spiro atoms. The minimum Gasteiger partial charge on any atom is -0.545 e. The Morgan fingerprint density at radius 2 is 0.760 bits per heavy atom. The van der Waals surface area contributed by atoms with Gasteiger partial charge in [0, 0.05) is 12.8 Å². The molecule has 9 nitrogen and oxygen atoms in total. The van der Waals surface area contributed by atoms with E-state index in [9.17, 15) is 19.5 Å². The fourth-order valence-electron chi connectivity index (χ4n) is 7.94. The van der Waals surface area contributed by atoms with E-state index in [4.69, 9.17) is 18.9 Å². The second-order valence-corrected chi connectivity index (χ2v) is 20.9. The first-order chi connectivity index (χ1) is 36.6. The molecule has 9 heteroatoms. The minimum absolute atomic E-state index is 0.141. The highest BCUT2D eigenvalue weighted by Crippen LogP contribution is 2.15. The Labute approximate surface area is 460 Å². The van der Waals surface area contributed by atoms with E-state index in [0.29, 0.717) is 17.4 Å². The second-order valence-electron chi connectivity index (χ2n) is 20.9. The summed E-state index contributed by atoms with van der Waals surface area (Å²) in [4.78, 5) is 37.3. The van der Waals surface area contributed by atoms with Crippen molar-refractivity contribution < 1.29 is 42.9 Å². The van der Waals surface area contributed by atoms with Crippen LogP contribution in [-0.4, -0.2) is 82.3 Å². The molecule has 0 saturated heterocycles. The van der Waals surface area contributed by atoms with Crippen LogP contribution >= 0.6 is 0 Å². The van der Waals surface area contributed by atoms with Gasteiger partial charge in [-0.25, -0.2) is 0 Å². The highest BCUT2D eigenvalue weighted by Gasteiger charge is 2.22. The third kappa shape index (κ3) is 57.5. The number of ether oxygens (including phenoxy) is 4. The van der Waals surface area contributed by atoms with E-state index in [-0.39, 0.29) is 38.6 Å². The van der Waals surface area contributed by atoms with Crippen molar-refractivity contribution in [1.82, 2.24) is 0 Å². The monoisotopic (exact) mass is 1050 g/mol. The lowest BCUT2D eigenvalue weighted by atomic mass is 10.0. The molecule has 75 heavy (non-hydrogen) atoms. The van der Waals surface area contributed by atoms with Gasteiger partial charge in [-0.05, 0) is 83.5 Å². The third-order valence-corrected chi connectivity index (χ3v) is 12.5. The number of allylic oxidation sites excluding steroid dienone is 18. The Hall–Kier alpha value is -4.05. The summed E-state index contributed by atoms with van der Waals surface area (Å²) in [6.45, 7) is 4.62. The maximum atomic E-state index is 12.9. The third-order valence-electron chi connectivity index (χ3n) is 12.5. The van der Waals surface area contributed by atoms with Crippen LogP contribution in [0, 0.1) is 0 Å². The Balaban J connectivity index is 4.23. The summed E-state index contributed by atoms with van der Waals surface area (Å²) < 4.78 is 22.7. The highest BCUT2D eigenvalue weighted by molar-refractivity contribution is 5.70. The molecular weight excluding hydrogens is 935 g/mol. The van der Waals surface area contributed by atoms with Gasteiger partial charge in [0.25, 0.3) is 0 Å². The number of likely N-dealkylation sites (N-methyl/N-ethyl adjacent to an activating group) is 1. The SMILES string of the molecule is CC/C=C\C/C=C\C/C=C\C/C=C\C/C=C\C/C=C\C/C=C\C/C=C\C/C=C\CCCCCCCCCC(=O)OC(COC(=O)CCCCCCCCCCCCCCCCC)COC(OCC[N+](C)(C)C)C(=O)[O-]. The molecule has 0 aliphatic rings. The van der Waals surface area contributed by atoms with E-state index in [1.807, 2.05) is 21.1 Å². The van der Waals surface area contributed by atoms with Crippen LogP contribution in [0.1, 0.15) is 232 Å². The van der Waals surface area contributed by atoms with Gasteiger partial charge in [0.1, 0.15) is 13.2 Å². The molecule has 0 aromatic carbocycles. The Morgan fingerprint density at radius 3 is 1.13 bits per heavy atom. The molecule has 0 fully saturated rings. The number of quaternary nitrogens is 1. The number of carboxylic acids is 1. The number of esters is 2. The van der Waals surface area contributed by atoms with Crippen LogP contribution in [0.15, 0.2) is 109 Å². The fraction of sp³-hybridized carbons (Fsp3) is 0.682. The van der Waals surface area contributed by atoms with Crippen LogP contribution in [0.4, 0.5) is 0 Å². The van der Waals surface area contributed by atoms with Crippen molar-refractivity contribution in [2.45, 2.75) is 245 Å². The lowest BCUT2D eigenvalue weighted by molar-refractivity contribution is -0.870. The maximum Gasteiger partial charge on any atom is 0.306 e. The van der Waals surface area contributed by atoms with Gasteiger partial charge in [-0.1, -0.05) is 245 Å². The molecule has 0 aromatic heterocycles. The molecule has 2 atom stereocenters. The van der Waals surface area contributed by atoms with E-state index in [1.165, 1.54) is 96.3 Å². The lowest BCUT2D eigenvalue weighted by Gasteiger charge is -2.26. The Morgan fingerprint density at radius 1 is 0.413 bits per heavy atom. The van der Waals surface area contributed by atoms with Crippen molar-refractivity contribution >= 4 is 17.9 Å². The molecule has 0 amide bonds. The predicted molar refractivity (Wildman–Crippen MR) is 315 cm³/mol. The smallest absolute Gasteiger partial charge is 0.306 e. The van der Waals surface area contributed by atoms with Gasteiger partial charge >= 0.3 is 11.9 Å². The topological polar surface area (TPSA) is 111 Å². The van der Waals surface area contributed by atoms with Gasteiger partial charge in [-0.2, -0.15) is 0 Å². The number of hydrogen-bond acceptors (Lipinski definition) is 8. The summed E-state index contributed by atoms with van der Waals surface area (Å²) in [5.41, 5.74) is 0. The van der Waals surface area contributed by atoms with E-state index in [0.717, 1.165) is 103 Å². The molecule has 0 rings (SSSR count). The molecule has 0 bridgehead atoms. The van der Waals surface area contributed by atoms with Crippen molar-refractivity contribution in [2.24, 2.45) is 0 Å². The molecule has 0 aliphatic carbocycles. The normalized spacial score (nSPS) is 13.6. The maximum absolute atomic E-state index is 12.9. The van der Waals surface area contributed by atoms with Crippen LogP contribution in [0.5, 0.6) is 0 Å². The van der Waals surface area contributed by atoms with Gasteiger partial charge in [-0.3, -0.25) is 9.59 Å². The van der Waals surface area contributed by atoms with E-state index >= 15 is 0 Å². The number of nitrogens with zero attached hydrogens (tertiary/aromatic N) is 1. The van der Waals surface area contributed by atoms with Crippen LogP contribution in [0.25, 0.3) is 0 Å². The lowest BCUT2D eigenvalue weighted by Crippen LogP contribution is -2.44. The zero-order valence-corrected chi connectivity index (χ0v) is 48.6. The van der Waals surface area contributed by atoms with Gasteiger partial charge < -0.3 is 33.3 Å². The zero-order valence-electron chi connectivity index (χ0n) is 48.6. The summed E-state index contributed by atoms with van der Waals surface area (Å²) in [5.74, 6) is -2.30. The fourth-order valence-corrected chi connectivity index (χ4v) is 7.94. The van der Waals surface area contributed by atoms with Gasteiger partial charge in [0.2, 0.25) is 0 Å². The van der Waals surface area contributed by atoms with Crippen molar-refractivity contribution in [1.29, 1.82) is 0 Å². The van der Waals surface area contributed by atoms with Gasteiger partial charge in [0.05, 0.1) is 40.3 Å². The number of aliphatic carboxylic acids is 1. The number of carbonyl (C=O) groups excluding carboxylic acids is 3. The summed E-state index contributed by atoms with van der Waals surface area (Å²) in [6.07, 6.45) is 74.2. The quantitative estimate of drug-likeness (QED) is 0.0195. The average Bonchev–Trinajstić information content (AvgIpc) is 3.38. The molecule has 0 N–H and O–H groups in total. The number of carbonyl (C=O) groups is 3. The molecule has 0 radical (unpaired) electrons. The number of carboxylic acid groups (broad SMARTS) is 1. The first-order valence-electron chi connectivity index (χ1n) is 30.0. The molecule has 0 aromatic rings. The summed E-state index contributed by atoms with van der Waals surface area (Å²) in [6, 6.07) is 0. The Kier molecular flexibility index (Phi) is 53.1. The van der Waals surface area contributed by atoms with Crippen LogP contribution < -0.4 is 5.11 Å². The van der Waals surface area contributed by atoms with E-state index in [2.05, 4.69) is 123 Å². The van der Waals surface area contributed by atoms with Gasteiger partial charge in [0.15, 0.2) is 12.4 Å². The molecule has 0 aliphatic heterocycles. The number of hydrogen-bond donors (Lipinski definition) is 0. The summed E-state index contributed by atoms with van der Waals surface area (Å²) in [7, 11) is 5.91. The van der Waals surface area contributed by atoms with Crippen molar-refractivity contribution in [3.05, 3.63) is 109 Å². The molecule has 2 unspecified atom stereocenters.